The van der Waals surface area contributed by atoms with E-state index in [0.29, 0.717) is 16.4 Å². The maximum Gasteiger partial charge on any atom is 0.191 e. The highest BCUT2D eigenvalue weighted by atomic mass is 32.1. The van der Waals surface area contributed by atoms with E-state index in [1.165, 1.54) is 6.21 Å². The Morgan fingerprint density at radius 3 is 2.77 bits per heavy atom. The first-order valence-electron chi connectivity index (χ1n) is 6.63. The van der Waals surface area contributed by atoms with E-state index in [0.717, 1.165) is 11.3 Å². The van der Waals surface area contributed by atoms with Gasteiger partial charge in [0, 0.05) is 5.56 Å². The Morgan fingerprint density at radius 1 is 1.27 bits per heavy atom. The van der Waals surface area contributed by atoms with Gasteiger partial charge in [-0.2, -0.15) is 5.10 Å². The zero-order valence-electron chi connectivity index (χ0n) is 12.3. The van der Waals surface area contributed by atoms with Crippen molar-refractivity contribution < 1.29 is 9.84 Å². The number of anilines is 1. The minimum absolute atomic E-state index is 0.160. The third-order valence-corrected chi connectivity index (χ3v) is 3.10. The maximum absolute atomic E-state index is 9.63. The number of phenolic OH excluding ortho intramolecular Hbond substituents is 1. The van der Waals surface area contributed by atoms with Crippen LogP contribution in [0.3, 0.4) is 0 Å². The molecule has 114 valence electrons. The third-order valence-electron chi connectivity index (χ3n) is 2.91. The first-order valence-corrected chi connectivity index (χ1v) is 7.03. The van der Waals surface area contributed by atoms with Crippen LogP contribution in [0.2, 0.25) is 0 Å². The van der Waals surface area contributed by atoms with Gasteiger partial charge in [-0.1, -0.05) is 18.2 Å². The van der Waals surface area contributed by atoms with Gasteiger partial charge in [-0.3, -0.25) is 5.43 Å². The zero-order valence-corrected chi connectivity index (χ0v) is 13.1. The van der Waals surface area contributed by atoms with Crippen molar-refractivity contribution >= 4 is 29.2 Å². The summed E-state index contributed by atoms with van der Waals surface area (Å²) < 4.78 is 5.27. The van der Waals surface area contributed by atoms with Gasteiger partial charge in [0.2, 0.25) is 0 Å². The van der Waals surface area contributed by atoms with Gasteiger partial charge in [-0.15, -0.1) is 0 Å². The van der Waals surface area contributed by atoms with Crippen LogP contribution >= 0.6 is 12.2 Å². The summed E-state index contributed by atoms with van der Waals surface area (Å²) in [6, 6.07) is 12.7. The second-order valence-electron chi connectivity index (χ2n) is 4.59. The summed E-state index contributed by atoms with van der Waals surface area (Å²) in [6.07, 6.45) is 1.50. The van der Waals surface area contributed by atoms with Gasteiger partial charge >= 0.3 is 0 Å². The molecule has 0 radical (unpaired) electrons. The average molecular weight is 315 g/mol. The molecule has 0 aliphatic rings. The normalized spacial score (nSPS) is 10.5. The monoisotopic (exact) mass is 315 g/mol. The second kappa shape index (κ2) is 7.42. The molecule has 0 aliphatic heterocycles. The Morgan fingerprint density at radius 2 is 2.05 bits per heavy atom. The average Bonchev–Trinajstić information content (AvgIpc) is 2.49. The van der Waals surface area contributed by atoms with Crippen LogP contribution in [0.25, 0.3) is 0 Å². The van der Waals surface area contributed by atoms with Crippen LogP contribution in [0.4, 0.5) is 5.69 Å². The minimum atomic E-state index is 0.160. The fourth-order valence-corrected chi connectivity index (χ4v) is 1.99. The highest BCUT2D eigenvalue weighted by Crippen LogP contribution is 2.24. The van der Waals surface area contributed by atoms with Crippen molar-refractivity contribution in [2.75, 3.05) is 12.4 Å². The van der Waals surface area contributed by atoms with Crippen LogP contribution in [0.1, 0.15) is 11.1 Å². The highest BCUT2D eigenvalue weighted by molar-refractivity contribution is 7.80. The number of benzene rings is 2. The first-order chi connectivity index (χ1) is 10.6. The van der Waals surface area contributed by atoms with Crippen LogP contribution < -0.4 is 15.5 Å². The van der Waals surface area contributed by atoms with E-state index in [9.17, 15) is 5.11 Å². The van der Waals surface area contributed by atoms with E-state index < -0.39 is 0 Å². The van der Waals surface area contributed by atoms with Crippen molar-refractivity contribution in [3.63, 3.8) is 0 Å². The number of hydrogen-bond donors (Lipinski definition) is 3. The quantitative estimate of drug-likeness (QED) is 0.460. The molecule has 0 heterocycles. The topological polar surface area (TPSA) is 65.9 Å². The number of nitrogens with one attached hydrogen (secondary N) is 2. The van der Waals surface area contributed by atoms with Gasteiger partial charge < -0.3 is 15.2 Å². The number of hydrogen-bond acceptors (Lipinski definition) is 4. The largest absolute Gasteiger partial charge is 0.507 e. The van der Waals surface area contributed by atoms with Crippen molar-refractivity contribution in [2.45, 2.75) is 6.92 Å². The molecule has 0 spiro atoms. The number of aromatic hydroxyl groups is 1. The molecule has 0 aliphatic carbocycles. The molecule has 2 aromatic rings. The van der Waals surface area contributed by atoms with Gasteiger partial charge in [-0.25, -0.2) is 0 Å². The Hall–Kier alpha value is -2.60. The van der Waals surface area contributed by atoms with Crippen LogP contribution in [-0.2, 0) is 0 Å². The third kappa shape index (κ3) is 4.20. The lowest BCUT2D eigenvalue weighted by molar-refractivity contribution is 0.417. The Bertz CT molecular complexity index is 702. The summed E-state index contributed by atoms with van der Waals surface area (Å²) in [5.41, 5.74) is 5.15. The van der Waals surface area contributed by atoms with Crippen molar-refractivity contribution in [3.05, 3.63) is 53.6 Å². The number of thiocarbonyl (C=S) groups is 1. The molecule has 0 saturated heterocycles. The molecule has 6 heteroatoms. The zero-order chi connectivity index (χ0) is 15.9. The van der Waals surface area contributed by atoms with Crippen molar-refractivity contribution in [1.29, 1.82) is 0 Å². The van der Waals surface area contributed by atoms with Crippen LogP contribution in [0.15, 0.2) is 47.6 Å². The van der Waals surface area contributed by atoms with Crippen molar-refractivity contribution in [2.24, 2.45) is 5.10 Å². The summed E-state index contributed by atoms with van der Waals surface area (Å²) in [5, 5.41) is 17.0. The molecule has 5 nitrogen and oxygen atoms in total. The standard InChI is InChI=1S/C16H17N3O2S/c1-11-7-8-15(21-2)13(9-11)18-16(22)19-17-10-12-5-3-4-6-14(12)20/h3-10,20H,1-2H3,(H2,18,19,22)/b17-10-. The lowest BCUT2D eigenvalue weighted by atomic mass is 10.2. The summed E-state index contributed by atoms with van der Waals surface area (Å²) in [7, 11) is 1.60. The molecule has 22 heavy (non-hydrogen) atoms. The Kier molecular flexibility index (Phi) is 5.32. The molecule has 0 fully saturated rings. The molecule has 0 saturated carbocycles. The fourth-order valence-electron chi connectivity index (χ4n) is 1.83. The molecule has 0 unspecified atom stereocenters. The van der Waals surface area contributed by atoms with Crippen molar-refractivity contribution in [1.82, 2.24) is 5.43 Å². The van der Waals surface area contributed by atoms with Crippen molar-refractivity contribution in [3.8, 4) is 11.5 Å². The number of aryl methyl sites for hydroxylation is 1. The van der Waals surface area contributed by atoms with Crippen LogP contribution in [-0.4, -0.2) is 23.5 Å². The first kappa shape index (κ1) is 15.8. The molecule has 0 amide bonds. The number of hydrazone groups is 1. The highest BCUT2D eigenvalue weighted by Gasteiger charge is 2.04. The number of phenols is 1. The number of ether oxygens (including phenoxy) is 1. The van der Waals surface area contributed by atoms with Gasteiger partial charge in [0.1, 0.15) is 11.5 Å². The van der Waals surface area contributed by atoms with Gasteiger partial charge in [0.15, 0.2) is 5.11 Å². The Labute approximate surface area is 134 Å². The molecule has 0 atom stereocenters. The van der Waals surface area contributed by atoms with Gasteiger partial charge in [0.25, 0.3) is 0 Å². The molecular formula is C16H17N3O2S. The van der Waals surface area contributed by atoms with E-state index in [2.05, 4.69) is 15.8 Å². The van der Waals surface area contributed by atoms with E-state index in [1.807, 2.05) is 31.2 Å². The summed E-state index contributed by atoms with van der Waals surface area (Å²) in [4.78, 5) is 0. The smallest absolute Gasteiger partial charge is 0.191 e. The fraction of sp³-hybridized carbons (Fsp3) is 0.125. The summed E-state index contributed by atoms with van der Waals surface area (Å²) in [5.74, 6) is 0.853. The number of rotatable bonds is 4. The van der Waals surface area contributed by atoms with E-state index >= 15 is 0 Å². The van der Waals surface area contributed by atoms with Crippen LogP contribution in [0, 0.1) is 6.92 Å². The number of methoxy groups -OCH3 is 1. The van der Waals surface area contributed by atoms with E-state index in [-0.39, 0.29) is 5.75 Å². The molecule has 2 rings (SSSR count). The lowest BCUT2D eigenvalue weighted by Crippen LogP contribution is -2.24. The molecule has 0 aromatic heterocycles. The minimum Gasteiger partial charge on any atom is -0.507 e. The SMILES string of the molecule is COc1ccc(C)cc1NC(=S)N/N=C\c1ccccc1O. The predicted octanol–water partition coefficient (Wildman–Crippen LogP) is 3.03. The second-order valence-corrected chi connectivity index (χ2v) is 4.99. The number of nitrogens with zero attached hydrogens (tertiary/aromatic N) is 1. The molecule has 3 N–H and O–H groups in total. The van der Waals surface area contributed by atoms with Crippen LogP contribution in [0.5, 0.6) is 11.5 Å². The molecular weight excluding hydrogens is 298 g/mol. The van der Waals surface area contributed by atoms with E-state index in [4.69, 9.17) is 17.0 Å². The summed E-state index contributed by atoms with van der Waals surface area (Å²) >= 11 is 5.18. The molecule has 2 aromatic carbocycles. The van der Waals surface area contributed by atoms with Gasteiger partial charge in [-0.05, 0) is 49.0 Å². The maximum atomic E-state index is 9.63. The number of para-hydroxylation sites is 1. The Balaban J connectivity index is 1.99. The molecule has 0 bridgehead atoms. The predicted molar refractivity (Wildman–Crippen MR) is 92.8 cm³/mol. The van der Waals surface area contributed by atoms with Gasteiger partial charge in [0.05, 0.1) is 19.0 Å². The summed E-state index contributed by atoms with van der Waals surface area (Å²) in [6.45, 7) is 1.98. The lowest BCUT2D eigenvalue weighted by Gasteiger charge is -2.12. The van der Waals surface area contributed by atoms with E-state index in [1.54, 1.807) is 25.3 Å².